The molecule has 29 heavy (non-hydrogen) atoms. The van der Waals surface area contributed by atoms with E-state index in [4.69, 9.17) is 0 Å². The van der Waals surface area contributed by atoms with Gasteiger partial charge in [-0.2, -0.15) is 0 Å². The Morgan fingerprint density at radius 2 is 1.76 bits per heavy atom. The highest BCUT2D eigenvalue weighted by molar-refractivity contribution is 7.10. The van der Waals surface area contributed by atoms with Crippen molar-refractivity contribution in [2.75, 3.05) is 29.9 Å². The summed E-state index contributed by atoms with van der Waals surface area (Å²) in [7, 11) is 0. The van der Waals surface area contributed by atoms with Gasteiger partial charge in [0.05, 0.1) is 12.6 Å². The predicted octanol–water partition coefficient (Wildman–Crippen LogP) is 4.81. The summed E-state index contributed by atoms with van der Waals surface area (Å²) in [5.41, 5.74) is 2.92. The van der Waals surface area contributed by atoms with E-state index < -0.39 is 0 Å². The minimum Gasteiger partial charge on any atom is -0.372 e. The van der Waals surface area contributed by atoms with Gasteiger partial charge in [-0.05, 0) is 66.2 Å². The number of hydrogen-bond acceptors (Lipinski definition) is 4. The van der Waals surface area contributed by atoms with Crippen LogP contribution >= 0.6 is 11.3 Å². The summed E-state index contributed by atoms with van der Waals surface area (Å²) in [5.74, 6) is -0.378. The third kappa shape index (κ3) is 5.02. The average Bonchev–Trinajstić information content (AvgIpc) is 3.44. The van der Waals surface area contributed by atoms with Crippen LogP contribution in [0.15, 0.2) is 66.0 Å². The van der Waals surface area contributed by atoms with Crippen molar-refractivity contribution in [3.63, 3.8) is 0 Å². The Hall–Kier alpha value is -2.70. The lowest BCUT2D eigenvalue weighted by atomic mass is 10.1. The molecule has 4 nitrogen and oxygen atoms in total. The fourth-order valence-corrected chi connectivity index (χ4v) is 4.45. The van der Waals surface area contributed by atoms with Gasteiger partial charge in [0.2, 0.25) is 5.91 Å². The highest BCUT2D eigenvalue weighted by Crippen LogP contribution is 2.26. The quantitative estimate of drug-likeness (QED) is 0.589. The Morgan fingerprint density at radius 1 is 1.03 bits per heavy atom. The van der Waals surface area contributed by atoms with E-state index >= 15 is 0 Å². The first kappa shape index (κ1) is 19.6. The first-order valence-electron chi connectivity index (χ1n) is 9.86. The predicted molar refractivity (Wildman–Crippen MR) is 117 cm³/mol. The number of carbonyl (C=O) groups is 1. The first-order chi connectivity index (χ1) is 14.2. The molecule has 0 bridgehead atoms. The van der Waals surface area contributed by atoms with Crippen LogP contribution in [-0.4, -0.2) is 25.5 Å². The van der Waals surface area contributed by atoms with E-state index in [0.29, 0.717) is 0 Å². The summed E-state index contributed by atoms with van der Waals surface area (Å²) in [6.07, 6.45) is 2.48. The van der Waals surface area contributed by atoms with Gasteiger partial charge in [-0.3, -0.25) is 10.1 Å². The number of nitrogens with zero attached hydrogens (tertiary/aromatic N) is 1. The molecule has 1 saturated heterocycles. The van der Waals surface area contributed by atoms with Crippen LogP contribution in [0.3, 0.4) is 0 Å². The molecule has 150 valence electrons. The summed E-state index contributed by atoms with van der Waals surface area (Å²) in [6.45, 7) is 2.36. The molecule has 1 atom stereocenters. The van der Waals surface area contributed by atoms with Crippen molar-refractivity contribution in [3.8, 4) is 0 Å². The standard InChI is InChI=1S/C23H24FN3OS/c24-18-7-5-17(6-8-18)23(21-4-3-15-29-21)25-16-22(28)26-19-9-11-20(12-10-19)27-13-1-2-14-27/h3-12,15,23,25H,1-2,13-14,16H2,(H,26,28)/t23-/m0/s1. The zero-order valence-corrected chi connectivity index (χ0v) is 16.9. The molecule has 2 heterocycles. The Balaban J connectivity index is 1.37. The molecule has 1 amide bonds. The number of halogens is 1. The second kappa shape index (κ2) is 9.20. The van der Waals surface area contributed by atoms with E-state index in [1.165, 1.54) is 30.7 Å². The molecular formula is C23H24FN3OS. The number of thiophene rings is 1. The summed E-state index contributed by atoms with van der Waals surface area (Å²) < 4.78 is 13.3. The molecule has 0 saturated carbocycles. The Bertz CT molecular complexity index is 920. The maximum absolute atomic E-state index is 13.3. The molecule has 1 aliphatic heterocycles. The SMILES string of the molecule is O=C(CN[C@@H](c1ccc(F)cc1)c1cccs1)Nc1ccc(N2CCCC2)cc1. The molecule has 2 aromatic carbocycles. The fraction of sp³-hybridized carbons (Fsp3) is 0.261. The lowest BCUT2D eigenvalue weighted by molar-refractivity contribution is -0.115. The number of carbonyl (C=O) groups excluding carboxylic acids is 1. The zero-order chi connectivity index (χ0) is 20.1. The van der Waals surface area contributed by atoms with Crippen LogP contribution in [0.25, 0.3) is 0 Å². The van der Waals surface area contributed by atoms with E-state index in [9.17, 15) is 9.18 Å². The molecule has 1 aromatic heterocycles. The molecule has 4 rings (SSSR count). The van der Waals surface area contributed by atoms with Crippen molar-refractivity contribution < 1.29 is 9.18 Å². The van der Waals surface area contributed by atoms with Crippen molar-refractivity contribution in [1.29, 1.82) is 0 Å². The molecule has 0 unspecified atom stereocenters. The van der Waals surface area contributed by atoms with E-state index in [1.807, 2.05) is 29.6 Å². The molecule has 3 aromatic rings. The molecule has 0 spiro atoms. The third-order valence-electron chi connectivity index (χ3n) is 5.12. The summed E-state index contributed by atoms with van der Waals surface area (Å²) >= 11 is 1.61. The van der Waals surface area contributed by atoms with Crippen molar-refractivity contribution in [3.05, 3.63) is 82.3 Å². The number of hydrogen-bond donors (Lipinski definition) is 2. The number of amides is 1. The van der Waals surface area contributed by atoms with Gasteiger partial charge in [0, 0.05) is 29.3 Å². The van der Waals surface area contributed by atoms with E-state index in [2.05, 4.69) is 27.7 Å². The van der Waals surface area contributed by atoms with E-state index in [1.54, 1.807) is 23.5 Å². The van der Waals surface area contributed by atoms with Gasteiger partial charge in [-0.1, -0.05) is 18.2 Å². The van der Waals surface area contributed by atoms with Crippen molar-refractivity contribution >= 4 is 28.6 Å². The van der Waals surface area contributed by atoms with Crippen LogP contribution in [0.1, 0.15) is 29.3 Å². The smallest absolute Gasteiger partial charge is 0.238 e. The van der Waals surface area contributed by atoms with Crippen LogP contribution in [0.4, 0.5) is 15.8 Å². The molecular weight excluding hydrogens is 385 g/mol. The van der Waals surface area contributed by atoms with Gasteiger partial charge in [-0.25, -0.2) is 4.39 Å². The van der Waals surface area contributed by atoms with Crippen LogP contribution in [0.2, 0.25) is 0 Å². The third-order valence-corrected chi connectivity index (χ3v) is 6.06. The minimum atomic E-state index is -0.270. The van der Waals surface area contributed by atoms with Gasteiger partial charge in [-0.15, -0.1) is 11.3 Å². The second-order valence-electron chi connectivity index (χ2n) is 7.17. The summed E-state index contributed by atoms with van der Waals surface area (Å²) in [6, 6.07) is 18.2. The summed E-state index contributed by atoms with van der Waals surface area (Å²) in [5, 5.41) is 8.24. The van der Waals surface area contributed by atoms with Gasteiger partial charge < -0.3 is 10.2 Å². The second-order valence-corrected chi connectivity index (χ2v) is 8.15. The average molecular weight is 410 g/mol. The van der Waals surface area contributed by atoms with Gasteiger partial charge in [0.1, 0.15) is 5.82 Å². The van der Waals surface area contributed by atoms with Crippen LogP contribution < -0.4 is 15.5 Å². The van der Waals surface area contributed by atoms with E-state index in [0.717, 1.165) is 29.2 Å². The van der Waals surface area contributed by atoms with Crippen LogP contribution in [0.5, 0.6) is 0 Å². The topological polar surface area (TPSA) is 44.4 Å². The Morgan fingerprint density at radius 3 is 2.41 bits per heavy atom. The normalized spacial score (nSPS) is 14.7. The molecule has 6 heteroatoms. The van der Waals surface area contributed by atoms with E-state index in [-0.39, 0.29) is 24.3 Å². The monoisotopic (exact) mass is 409 g/mol. The number of rotatable bonds is 7. The van der Waals surface area contributed by atoms with Crippen LogP contribution in [-0.2, 0) is 4.79 Å². The molecule has 1 aliphatic rings. The van der Waals surface area contributed by atoms with Crippen LogP contribution in [0, 0.1) is 5.82 Å². The first-order valence-corrected chi connectivity index (χ1v) is 10.7. The minimum absolute atomic E-state index is 0.109. The van der Waals surface area contributed by atoms with Gasteiger partial charge in [0.25, 0.3) is 0 Å². The summed E-state index contributed by atoms with van der Waals surface area (Å²) in [4.78, 5) is 15.9. The molecule has 1 fully saturated rings. The molecule has 0 radical (unpaired) electrons. The molecule has 2 N–H and O–H groups in total. The largest absolute Gasteiger partial charge is 0.372 e. The van der Waals surface area contributed by atoms with Gasteiger partial charge >= 0.3 is 0 Å². The Kier molecular flexibility index (Phi) is 6.22. The molecule has 0 aliphatic carbocycles. The maximum Gasteiger partial charge on any atom is 0.238 e. The zero-order valence-electron chi connectivity index (χ0n) is 16.1. The number of benzene rings is 2. The maximum atomic E-state index is 13.3. The number of anilines is 2. The number of nitrogens with one attached hydrogen (secondary N) is 2. The fourth-order valence-electron chi connectivity index (χ4n) is 3.62. The van der Waals surface area contributed by atoms with Crippen molar-refractivity contribution in [1.82, 2.24) is 5.32 Å². The highest BCUT2D eigenvalue weighted by Gasteiger charge is 2.17. The van der Waals surface area contributed by atoms with Crippen molar-refractivity contribution in [2.24, 2.45) is 0 Å². The Labute approximate surface area is 174 Å². The lowest BCUT2D eigenvalue weighted by Gasteiger charge is -2.19. The van der Waals surface area contributed by atoms with Gasteiger partial charge in [0.15, 0.2) is 0 Å². The highest BCUT2D eigenvalue weighted by atomic mass is 32.1. The van der Waals surface area contributed by atoms with Crippen molar-refractivity contribution in [2.45, 2.75) is 18.9 Å². The lowest BCUT2D eigenvalue weighted by Crippen LogP contribution is -2.31.